The van der Waals surface area contributed by atoms with Gasteiger partial charge in [0.15, 0.2) is 5.01 Å². The van der Waals surface area contributed by atoms with Crippen molar-refractivity contribution in [2.75, 3.05) is 0 Å². The molecule has 32 heavy (non-hydrogen) atoms. The van der Waals surface area contributed by atoms with E-state index in [-0.39, 0.29) is 5.41 Å². The first-order valence-electron chi connectivity index (χ1n) is 10.8. The summed E-state index contributed by atoms with van der Waals surface area (Å²) < 4.78 is 1.90. The Hall–Kier alpha value is -2.21. The van der Waals surface area contributed by atoms with Crippen LogP contribution in [0.5, 0.6) is 0 Å². The molecule has 4 aromatic rings. The molecule has 4 rings (SSSR count). The Morgan fingerprint density at radius 2 is 1.72 bits per heavy atom. The van der Waals surface area contributed by atoms with Crippen molar-refractivity contribution in [3.63, 3.8) is 0 Å². The third kappa shape index (κ3) is 4.47. The van der Waals surface area contributed by atoms with Gasteiger partial charge < -0.3 is 0 Å². The van der Waals surface area contributed by atoms with Crippen molar-refractivity contribution in [1.29, 1.82) is 0 Å². The molecule has 0 saturated carbocycles. The molecule has 0 aliphatic heterocycles. The summed E-state index contributed by atoms with van der Waals surface area (Å²) in [5.74, 6) is 0. The summed E-state index contributed by atoms with van der Waals surface area (Å²) in [6.07, 6.45) is 3.42. The average molecular weight is 485 g/mol. The molecule has 0 amide bonds. The fourth-order valence-corrected chi connectivity index (χ4v) is 5.12. The van der Waals surface area contributed by atoms with E-state index in [1.54, 1.807) is 11.3 Å². The number of nitrogens with zero attached hydrogens (tertiary/aromatic N) is 4. The van der Waals surface area contributed by atoms with Crippen molar-refractivity contribution < 1.29 is 0 Å². The van der Waals surface area contributed by atoms with Crippen LogP contribution in [0.3, 0.4) is 0 Å². The van der Waals surface area contributed by atoms with Crippen LogP contribution in [0, 0.1) is 6.92 Å². The van der Waals surface area contributed by atoms with Gasteiger partial charge in [-0.25, -0.2) is 4.68 Å². The van der Waals surface area contributed by atoms with Crippen LogP contribution in [0.2, 0.25) is 10.0 Å². The van der Waals surface area contributed by atoms with Gasteiger partial charge in [0.25, 0.3) is 0 Å². The Balaban J connectivity index is 1.86. The van der Waals surface area contributed by atoms with E-state index in [1.807, 2.05) is 53.2 Å². The van der Waals surface area contributed by atoms with Crippen molar-refractivity contribution in [1.82, 2.24) is 20.0 Å². The molecule has 0 atom stereocenters. The zero-order valence-electron chi connectivity index (χ0n) is 18.7. The normalized spacial score (nSPS) is 11.8. The maximum absolute atomic E-state index is 6.56. The van der Waals surface area contributed by atoms with Gasteiger partial charge in [0.1, 0.15) is 10.7 Å². The number of rotatable bonds is 7. The van der Waals surface area contributed by atoms with Crippen molar-refractivity contribution in [3.05, 3.63) is 69.1 Å². The highest BCUT2D eigenvalue weighted by atomic mass is 35.5. The summed E-state index contributed by atoms with van der Waals surface area (Å²) in [5.41, 5.74) is 4.64. The number of hydrogen-bond acceptors (Lipinski definition) is 4. The van der Waals surface area contributed by atoms with Gasteiger partial charge in [-0.1, -0.05) is 92.4 Å². The minimum Gasteiger partial charge on any atom is -0.231 e. The molecule has 2 heterocycles. The molecular weight excluding hydrogens is 459 g/mol. The molecule has 0 aliphatic rings. The zero-order chi connectivity index (χ0) is 22.9. The maximum Gasteiger partial charge on any atom is 0.168 e. The lowest BCUT2D eigenvalue weighted by Gasteiger charge is -2.20. The molecule has 166 valence electrons. The summed E-state index contributed by atoms with van der Waals surface area (Å²) in [5, 5.41) is 17.3. The highest BCUT2D eigenvalue weighted by molar-refractivity contribution is 7.14. The summed E-state index contributed by atoms with van der Waals surface area (Å²) >= 11 is 14.3. The molecule has 0 aliphatic carbocycles. The predicted octanol–water partition coefficient (Wildman–Crippen LogP) is 8.14. The van der Waals surface area contributed by atoms with E-state index < -0.39 is 0 Å². The smallest absolute Gasteiger partial charge is 0.168 e. The van der Waals surface area contributed by atoms with E-state index in [1.165, 1.54) is 12.8 Å². The molecule has 0 spiro atoms. The van der Waals surface area contributed by atoms with E-state index >= 15 is 0 Å². The summed E-state index contributed by atoms with van der Waals surface area (Å²) in [6.45, 7) is 8.76. The molecule has 2 aromatic carbocycles. The fourth-order valence-electron chi connectivity index (χ4n) is 3.76. The van der Waals surface area contributed by atoms with Gasteiger partial charge in [-0.05, 0) is 37.6 Å². The minimum atomic E-state index is -0.00978. The fraction of sp³-hybridized carbons (Fsp3) is 0.320. The Labute approximate surface area is 203 Å². The highest BCUT2D eigenvalue weighted by Crippen LogP contribution is 2.39. The largest absolute Gasteiger partial charge is 0.231 e. The van der Waals surface area contributed by atoms with E-state index in [9.17, 15) is 0 Å². The molecule has 0 unspecified atom stereocenters. The van der Waals surface area contributed by atoms with Crippen LogP contribution in [0.15, 0.2) is 48.5 Å². The summed E-state index contributed by atoms with van der Waals surface area (Å²) in [7, 11) is 0. The molecular formula is C25H26Cl2N4S. The van der Waals surface area contributed by atoms with Gasteiger partial charge in [0.05, 0.1) is 16.4 Å². The van der Waals surface area contributed by atoms with Gasteiger partial charge in [-0.2, -0.15) is 5.10 Å². The number of halogens is 2. The van der Waals surface area contributed by atoms with Gasteiger partial charge in [-0.3, -0.25) is 0 Å². The average Bonchev–Trinajstić information content (AvgIpc) is 3.39. The molecule has 0 radical (unpaired) electrons. The second kappa shape index (κ2) is 9.34. The van der Waals surface area contributed by atoms with E-state index in [2.05, 4.69) is 37.9 Å². The summed E-state index contributed by atoms with van der Waals surface area (Å²) in [4.78, 5) is 0. The first-order chi connectivity index (χ1) is 15.3. The Kier molecular flexibility index (Phi) is 6.70. The lowest BCUT2D eigenvalue weighted by molar-refractivity contribution is 0.452. The second-order valence-corrected chi connectivity index (χ2v) is 10.4. The third-order valence-electron chi connectivity index (χ3n) is 5.68. The van der Waals surface area contributed by atoms with Crippen molar-refractivity contribution in [2.24, 2.45) is 0 Å². The Morgan fingerprint density at radius 3 is 2.41 bits per heavy atom. The number of benzene rings is 2. The van der Waals surface area contributed by atoms with Crippen molar-refractivity contribution >= 4 is 34.5 Å². The van der Waals surface area contributed by atoms with Crippen LogP contribution >= 0.6 is 34.5 Å². The zero-order valence-corrected chi connectivity index (χ0v) is 21.0. The minimum absolute atomic E-state index is 0.00978. The topological polar surface area (TPSA) is 43.6 Å². The number of unbranched alkanes of at least 4 members (excludes halogenated alkanes) is 1. The molecule has 0 fully saturated rings. The van der Waals surface area contributed by atoms with Gasteiger partial charge in [0, 0.05) is 21.6 Å². The first kappa shape index (κ1) is 23.0. The molecule has 0 N–H and O–H groups in total. The maximum atomic E-state index is 6.56. The first-order valence-corrected chi connectivity index (χ1v) is 12.3. The quantitative estimate of drug-likeness (QED) is 0.265. The SMILES string of the molecule is CCCCC(C)(C)c1nnc(-c2nn(-c3ccccc3Cl)c(-c3ccc(Cl)cc3)c2C)s1. The van der Waals surface area contributed by atoms with Crippen LogP contribution < -0.4 is 0 Å². The Morgan fingerprint density at radius 1 is 1.00 bits per heavy atom. The summed E-state index contributed by atoms with van der Waals surface area (Å²) in [6, 6.07) is 15.5. The van der Waals surface area contributed by atoms with Crippen LogP contribution in [-0.2, 0) is 5.41 Å². The van der Waals surface area contributed by atoms with Crippen molar-refractivity contribution in [2.45, 2.75) is 52.4 Å². The standard InChI is InChI=1S/C25H26Cl2N4S/c1-5-6-15-25(3,4)24-29-28-23(32-24)21-16(2)22(17-11-13-18(26)14-12-17)31(30-21)20-10-8-7-9-19(20)27/h7-14H,5-6,15H2,1-4H3. The van der Waals surface area contributed by atoms with Gasteiger partial charge >= 0.3 is 0 Å². The number of hydrogen-bond donors (Lipinski definition) is 0. The van der Waals surface area contributed by atoms with Crippen LogP contribution in [0.1, 0.15) is 50.6 Å². The lowest BCUT2D eigenvalue weighted by atomic mass is 9.88. The monoisotopic (exact) mass is 484 g/mol. The van der Waals surface area contributed by atoms with Crippen LogP contribution in [-0.4, -0.2) is 20.0 Å². The molecule has 2 aromatic heterocycles. The van der Waals surface area contributed by atoms with E-state index in [0.29, 0.717) is 10.0 Å². The third-order valence-corrected chi connectivity index (χ3v) is 7.55. The van der Waals surface area contributed by atoms with Gasteiger partial charge in [0.2, 0.25) is 0 Å². The van der Waals surface area contributed by atoms with Crippen molar-refractivity contribution in [3.8, 4) is 27.6 Å². The van der Waals surface area contributed by atoms with Crippen LogP contribution in [0.4, 0.5) is 0 Å². The number of para-hydroxylation sites is 1. The highest BCUT2D eigenvalue weighted by Gasteiger charge is 2.27. The molecule has 0 saturated heterocycles. The van der Waals surface area contributed by atoms with E-state index in [4.69, 9.17) is 28.3 Å². The Bertz CT molecular complexity index is 1230. The number of aromatic nitrogens is 4. The second-order valence-electron chi connectivity index (χ2n) is 8.59. The predicted molar refractivity (Wildman–Crippen MR) is 135 cm³/mol. The molecule has 0 bridgehead atoms. The van der Waals surface area contributed by atoms with Gasteiger partial charge in [-0.15, -0.1) is 10.2 Å². The van der Waals surface area contributed by atoms with E-state index in [0.717, 1.165) is 44.6 Å². The van der Waals surface area contributed by atoms with Crippen LogP contribution in [0.25, 0.3) is 27.6 Å². The molecule has 7 heteroatoms. The molecule has 4 nitrogen and oxygen atoms in total. The lowest BCUT2D eigenvalue weighted by Crippen LogP contribution is -2.16.